The molecule has 0 aliphatic heterocycles. The summed E-state index contributed by atoms with van der Waals surface area (Å²) in [4.78, 5) is 11.5. The van der Waals surface area contributed by atoms with Gasteiger partial charge in [-0.3, -0.25) is 0 Å². The monoisotopic (exact) mass is 335 g/mol. The van der Waals surface area contributed by atoms with Crippen LogP contribution in [0.5, 0.6) is 0 Å². The molecule has 5 heteroatoms. The second-order valence-electron chi connectivity index (χ2n) is 3.19. The molecule has 16 heavy (non-hydrogen) atoms. The van der Waals surface area contributed by atoms with Gasteiger partial charge in [0, 0.05) is 10.1 Å². The van der Waals surface area contributed by atoms with Gasteiger partial charge in [-0.1, -0.05) is 13.0 Å². The topological polar surface area (TPSA) is 49.8 Å². The number of benzene rings is 1. The number of hydroxylamine groups is 2. The minimum absolute atomic E-state index is 0.189. The normalized spacial score (nSPS) is 10.5. The van der Waals surface area contributed by atoms with E-state index < -0.39 is 0 Å². The molecule has 1 aromatic carbocycles. The van der Waals surface area contributed by atoms with Gasteiger partial charge < -0.3 is 9.94 Å². The van der Waals surface area contributed by atoms with E-state index in [-0.39, 0.29) is 12.6 Å². The van der Waals surface area contributed by atoms with Crippen LogP contribution in [0, 0.1) is 3.57 Å². The molecule has 1 aromatic rings. The van der Waals surface area contributed by atoms with Gasteiger partial charge in [0.2, 0.25) is 0 Å². The number of nitrogens with zero attached hydrogens (tertiary/aromatic N) is 1. The summed E-state index contributed by atoms with van der Waals surface area (Å²) in [6.07, 6.45) is 0. The van der Waals surface area contributed by atoms with Crippen molar-refractivity contribution in [3.8, 4) is 0 Å². The van der Waals surface area contributed by atoms with Gasteiger partial charge in [-0.2, -0.15) is 5.06 Å². The van der Waals surface area contributed by atoms with Crippen molar-refractivity contribution in [2.75, 3.05) is 19.7 Å². The molecular weight excluding hydrogens is 321 g/mol. The summed E-state index contributed by atoms with van der Waals surface area (Å²) < 4.78 is 6.00. The van der Waals surface area contributed by atoms with Crippen molar-refractivity contribution in [3.05, 3.63) is 33.4 Å². The van der Waals surface area contributed by atoms with Crippen molar-refractivity contribution < 1.29 is 14.7 Å². The van der Waals surface area contributed by atoms with Crippen LogP contribution in [0.1, 0.15) is 17.3 Å². The van der Waals surface area contributed by atoms with E-state index in [2.05, 4.69) is 22.6 Å². The van der Waals surface area contributed by atoms with Crippen LogP contribution in [-0.2, 0) is 4.74 Å². The Bertz CT molecular complexity index is 357. The van der Waals surface area contributed by atoms with Crippen molar-refractivity contribution >= 4 is 28.6 Å². The van der Waals surface area contributed by atoms with Gasteiger partial charge in [-0.15, -0.1) is 0 Å². The Morgan fingerprint density at radius 3 is 2.94 bits per heavy atom. The molecule has 0 amide bonds. The number of hydrogen-bond donors (Lipinski definition) is 1. The van der Waals surface area contributed by atoms with Gasteiger partial charge in [-0.05, 0) is 40.8 Å². The van der Waals surface area contributed by atoms with Crippen LogP contribution in [0.15, 0.2) is 24.3 Å². The summed E-state index contributed by atoms with van der Waals surface area (Å²) in [7, 11) is 0. The maximum Gasteiger partial charge on any atom is 0.338 e. The van der Waals surface area contributed by atoms with Crippen molar-refractivity contribution in [2.24, 2.45) is 0 Å². The highest BCUT2D eigenvalue weighted by molar-refractivity contribution is 14.1. The summed E-state index contributed by atoms with van der Waals surface area (Å²) >= 11 is 2.14. The predicted octanol–water partition coefficient (Wildman–Crippen LogP) is 2.16. The molecule has 88 valence electrons. The fraction of sp³-hybridized carbons (Fsp3) is 0.364. The smallest absolute Gasteiger partial charge is 0.338 e. The number of esters is 1. The molecule has 0 radical (unpaired) electrons. The third-order valence-electron chi connectivity index (χ3n) is 2.01. The first-order valence-corrected chi connectivity index (χ1v) is 6.08. The highest BCUT2D eigenvalue weighted by Gasteiger charge is 2.07. The number of rotatable bonds is 5. The van der Waals surface area contributed by atoms with E-state index in [1.165, 1.54) is 0 Å². The van der Waals surface area contributed by atoms with E-state index in [1.807, 2.05) is 19.1 Å². The standard InChI is InChI=1S/C11H14INO3/c1-2-13(15)6-7-16-11(14)9-4-3-5-10(12)8-9/h3-5,8,15H,2,6-7H2,1H3. The number of carbonyl (C=O) groups excluding carboxylic acids is 1. The average molecular weight is 335 g/mol. The lowest BCUT2D eigenvalue weighted by Crippen LogP contribution is -2.24. The van der Waals surface area contributed by atoms with Gasteiger partial charge in [0.05, 0.1) is 12.1 Å². The van der Waals surface area contributed by atoms with E-state index in [1.54, 1.807) is 12.1 Å². The largest absolute Gasteiger partial charge is 0.461 e. The minimum Gasteiger partial charge on any atom is -0.461 e. The van der Waals surface area contributed by atoms with Crippen LogP contribution in [0.3, 0.4) is 0 Å². The lowest BCUT2D eigenvalue weighted by molar-refractivity contribution is -0.0952. The highest BCUT2D eigenvalue weighted by Crippen LogP contribution is 2.08. The SMILES string of the molecule is CCN(O)CCOC(=O)c1cccc(I)c1. The Balaban J connectivity index is 2.41. The molecule has 0 atom stereocenters. The Hall–Kier alpha value is -0.660. The number of carbonyl (C=O) groups is 1. The first-order chi connectivity index (χ1) is 7.63. The van der Waals surface area contributed by atoms with Crippen LogP contribution < -0.4 is 0 Å². The molecule has 0 heterocycles. The molecule has 0 aliphatic rings. The molecule has 0 aromatic heterocycles. The lowest BCUT2D eigenvalue weighted by Gasteiger charge is -2.11. The fourth-order valence-corrected chi connectivity index (χ4v) is 1.64. The summed E-state index contributed by atoms with van der Waals surface area (Å²) in [5.41, 5.74) is 0.535. The summed E-state index contributed by atoms with van der Waals surface area (Å²) in [6, 6.07) is 7.19. The Morgan fingerprint density at radius 2 is 2.31 bits per heavy atom. The summed E-state index contributed by atoms with van der Waals surface area (Å²) in [5.74, 6) is -0.358. The molecule has 1 rings (SSSR count). The van der Waals surface area contributed by atoms with E-state index in [0.29, 0.717) is 18.7 Å². The molecule has 4 nitrogen and oxygen atoms in total. The van der Waals surface area contributed by atoms with Crippen LogP contribution in [0.4, 0.5) is 0 Å². The van der Waals surface area contributed by atoms with E-state index in [9.17, 15) is 4.79 Å². The van der Waals surface area contributed by atoms with Gasteiger partial charge >= 0.3 is 5.97 Å². The second-order valence-corrected chi connectivity index (χ2v) is 4.44. The third kappa shape index (κ3) is 4.46. The van der Waals surface area contributed by atoms with Crippen molar-refractivity contribution in [2.45, 2.75) is 6.92 Å². The number of halogens is 1. The van der Waals surface area contributed by atoms with E-state index in [0.717, 1.165) is 8.63 Å². The van der Waals surface area contributed by atoms with Crippen molar-refractivity contribution in [1.82, 2.24) is 5.06 Å². The fourth-order valence-electron chi connectivity index (χ4n) is 1.10. The zero-order valence-corrected chi connectivity index (χ0v) is 11.2. The first kappa shape index (κ1) is 13.4. The molecule has 0 spiro atoms. The van der Waals surface area contributed by atoms with Gasteiger partial charge in [0.15, 0.2) is 0 Å². The Kier molecular flexibility index (Phi) is 5.72. The number of ether oxygens (including phenoxy) is 1. The zero-order chi connectivity index (χ0) is 12.0. The van der Waals surface area contributed by atoms with Gasteiger partial charge in [0.25, 0.3) is 0 Å². The minimum atomic E-state index is -0.358. The second kappa shape index (κ2) is 6.82. The molecule has 0 bridgehead atoms. The molecule has 0 unspecified atom stereocenters. The Morgan fingerprint density at radius 1 is 1.56 bits per heavy atom. The highest BCUT2D eigenvalue weighted by atomic mass is 127. The van der Waals surface area contributed by atoms with Crippen LogP contribution in [0.25, 0.3) is 0 Å². The predicted molar refractivity (Wildman–Crippen MR) is 68.5 cm³/mol. The molecule has 0 aliphatic carbocycles. The third-order valence-corrected chi connectivity index (χ3v) is 2.68. The first-order valence-electron chi connectivity index (χ1n) is 5.00. The van der Waals surface area contributed by atoms with Crippen LogP contribution >= 0.6 is 22.6 Å². The van der Waals surface area contributed by atoms with Crippen LogP contribution in [0.2, 0.25) is 0 Å². The number of hydrogen-bond acceptors (Lipinski definition) is 4. The van der Waals surface area contributed by atoms with Crippen molar-refractivity contribution in [3.63, 3.8) is 0 Å². The van der Waals surface area contributed by atoms with Gasteiger partial charge in [0.1, 0.15) is 6.61 Å². The molecule has 0 fully saturated rings. The maximum absolute atomic E-state index is 11.5. The molecule has 0 saturated heterocycles. The van der Waals surface area contributed by atoms with E-state index >= 15 is 0 Å². The van der Waals surface area contributed by atoms with Crippen molar-refractivity contribution in [1.29, 1.82) is 0 Å². The molecular formula is C11H14INO3. The quantitative estimate of drug-likeness (QED) is 0.509. The van der Waals surface area contributed by atoms with Gasteiger partial charge in [-0.25, -0.2) is 4.79 Å². The van der Waals surface area contributed by atoms with E-state index in [4.69, 9.17) is 9.94 Å². The molecule has 0 saturated carbocycles. The summed E-state index contributed by atoms with van der Waals surface area (Å²) in [6.45, 7) is 2.85. The zero-order valence-electron chi connectivity index (χ0n) is 9.02. The lowest BCUT2D eigenvalue weighted by atomic mass is 10.2. The number of likely N-dealkylation sites (N-methyl/N-ethyl adjacent to an activating group) is 1. The van der Waals surface area contributed by atoms with Crippen LogP contribution in [-0.4, -0.2) is 35.9 Å². The maximum atomic E-state index is 11.5. The summed E-state index contributed by atoms with van der Waals surface area (Å²) in [5, 5.41) is 10.2. The molecule has 1 N–H and O–H groups in total. The average Bonchev–Trinajstić information content (AvgIpc) is 2.28. The Labute approximate surface area is 108 Å².